The van der Waals surface area contributed by atoms with Gasteiger partial charge >= 0.3 is 0 Å². The average molecular weight is 480 g/mol. The Morgan fingerprint density at radius 3 is 2.28 bits per heavy atom. The van der Waals surface area contributed by atoms with Gasteiger partial charge in [0.1, 0.15) is 10.5 Å². The second kappa shape index (κ2) is 10.7. The fraction of sp³-hybridized carbons (Fsp3) is 0.625. The molecule has 6 nitrogen and oxygen atoms in total. The molecule has 180 valence electrons. The van der Waals surface area contributed by atoms with E-state index in [1.807, 2.05) is 62.1 Å². The van der Waals surface area contributed by atoms with E-state index in [9.17, 15) is 4.55 Å². The average Bonchev–Trinajstić information content (AvgIpc) is 3.15. The first kappa shape index (κ1) is 26.9. The van der Waals surface area contributed by atoms with Crippen molar-refractivity contribution in [1.82, 2.24) is 14.5 Å². The smallest absolute Gasteiger partial charge is 0.192 e. The lowest BCUT2D eigenvalue weighted by atomic mass is 10.0. The highest BCUT2D eigenvalue weighted by Gasteiger charge is 2.37. The van der Waals surface area contributed by atoms with Crippen molar-refractivity contribution in [1.29, 1.82) is 0 Å². The highest BCUT2D eigenvalue weighted by molar-refractivity contribution is 7.90. The number of methoxy groups -OCH3 is 1. The summed E-state index contributed by atoms with van der Waals surface area (Å²) in [6.45, 7) is 18.5. The maximum absolute atomic E-state index is 12.9. The summed E-state index contributed by atoms with van der Waals surface area (Å²) in [6.07, 6.45) is 4.61. The van der Waals surface area contributed by atoms with E-state index in [1.54, 1.807) is 7.11 Å². The Morgan fingerprint density at radius 1 is 1.12 bits per heavy atom. The number of nitrogens with one attached hydrogen (secondary N) is 1. The van der Waals surface area contributed by atoms with E-state index < -0.39 is 19.7 Å². The summed E-state index contributed by atoms with van der Waals surface area (Å²) in [5.41, 5.74) is 2.16. The molecule has 2 rings (SSSR count). The monoisotopic (exact) mass is 479 g/mol. The molecule has 0 bridgehead atoms. The van der Waals surface area contributed by atoms with Gasteiger partial charge in [-0.3, -0.25) is 4.68 Å². The number of benzene rings is 1. The van der Waals surface area contributed by atoms with Crippen LogP contribution in [0.2, 0.25) is 18.1 Å². The predicted octanol–water partition coefficient (Wildman–Crippen LogP) is 5.25. The van der Waals surface area contributed by atoms with Gasteiger partial charge in [-0.15, -0.1) is 4.72 Å². The van der Waals surface area contributed by atoms with Crippen LogP contribution in [0.4, 0.5) is 0 Å². The van der Waals surface area contributed by atoms with Crippen LogP contribution in [-0.2, 0) is 28.8 Å². The van der Waals surface area contributed by atoms with Gasteiger partial charge in [-0.25, -0.2) is 0 Å². The van der Waals surface area contributed by atoms with Crippen molar-refractivity contribution in [2.75, 3.05) is 13.7 Å². The topological polar surface area (TPSA) is 71.4 Å². The lowest BCUT2D eigenvalue weighted by Crippen LogP contribution is -2.41. The first-order valence-electron chi connectivity index (χ1n) is 11.2. The third-order valence-electron chi connectivity index (χ3n) is 6.05. The minimum absolute atomic E-state index is 0.112. The van der Waals surface area contributed by atoms with E-state index in [2.05, 4.69) is 43.7 Å². The van der Waals surface area contributed by atoms with Gasteiger partial charge in [-0.05, 0) is 63.0 Å². The summed E-state index contributed by atoms with van der Waals surface area (Å²) in [5.74, 6) is 0.825. The van der Waals surface area contributed by atoms with Gasteiger partial charge in [0.2, 0.25) is 0 Å². The van der Waals surface area contributed by atoms with E-state index in [0.717, 1.165) is 16.9 Å². The second-order valence-electron chi connectivity index (χ2n) is 10.7. The summed E-state index contributed by atoms with van der Waals surface area (Å²) < 4.78 is 29.3. The van der Waals surface area contributed by atoms with Crippen molar-refractivity contribution < 1.29 is 13.7 Å². The summed E-state index contributed by atoms with van der Waals surface area (Å²) in [5, 5.41) is 4.74. The van der Waals surface area contributed by atoms with Crippen LogP contribution >= 0.6 is 0 Å². The summed E-state index contributed by atoms with van der Waals surface area (Å²) in [6, 6.07) is 7.89. The van der Waals surface area contributed by atoms with Crippen molar-refractivity contribution in [2.45, 2.75) is 83.4 Å². The maximum atomic E-state index is 12.9. The van der Waals surface area contributed by atoms with Crippen LogP contribution in [0.15, 0.2) is 36.7 Å². The third-order valence-corrected chi connectivity index (χ3v) is 12.2. The van der Waals surface area contributed by atoms with Crippen molar-refractivity contribution >= 4 is 19.7 Å². The Morgan fingerprint density at radius 2 is 1.75 bits per heavy atom. The zero-order valence-corrected chi connectivity index (χ0v) is 23.0. The zero-order valence-electron chi connectivity index (χ0n) is 21.2. The molecule has 1 N–H and O–H groups in total. The van der Waals surface area contributed by atoms with Crippen molar-refractivity contribution in [3.05, 3.63) is 47.8 Å². The first-order valence-corrected chi connectivity index (χ1v) is 15.3. The van der Waals surface area contributed by atoms with Gasteiger partial charge in [0.15, 0.2) is 8.32 Å². The number of rotatable bonds is 10. The Balaban J connectivity index is 2.12. The molecule has 1 aromatic heterocycles. The Bertz CT molecular complexity index is 841. The van der Waals surface area contributed by atoms with Gasteiger partial charge in [0, 0.05) is 23.1 Å². The molecule has 8 heteroatoms. The van der Waals surface area contributed by atoms with Gasteiger partial charge in [0.05, 0.1) is 32.5 Å². The van der Waals surface area contributed by atoms with Crippen LogP contribution in [0.5, 0.6) is 5.75 Å². The molecule has 0 saturated heterocycles. The van der Waals surface area contributed by atoms with E-state index in [1.165, 1.54) is 0 Å². The van der Waals surface area contributed by atoms with E-state index in [-0.39, 0.29) is 15.8 Å². The molecule has 0 radical (unpaired) electrons. The fourth-order valence-corrected chi connectivity index (χ4v) is 4.69. The molecule has 0 fully saturated rings. The summed E-state index contributed by atoms with van der Waals surface area (Å²) >= 11 is -1.20. The van der Waals surface area contributed by atoms with Crippen LogP contribution in [0, 0.1) is 0 Å². The lowest BCUT2D eigenvalue weighted by molar-refractivity contribution is 0.266. The predicted molar refractivity (Wildman–Crippen MR) is 136 cm³/mol. The largest absolute Gasteiger partial charge is 0.598 e. The molecular weight excluding hydrogens is 438 g/mol. The Labute approximate surface area is 198 Å². The molecule has 0 aliphatic carbocycles. The van der Waals surface area contributed by atoms with E-state index >= 15 is 0 Å². The Kier molecular flexibility index (Phi) is 9.03. The van der Waals surface area contributed by atoms with E-state index in [4.69, 9.17) is 9.16 Å². The lowest BCUT2D eigenvalue weighted by Gasteiger charge is -2.36. The molecule has 0 aliphatic rings. The number of hydrogen-bond acceptors (Lipinski definition) is 5. The number of ether oxygens (including phenoxy) is 1. The summed E-state index contributed by atoms with van der Waals surface area (Å²) in [4.78, 5) is 0. The second-order valence-corrected chi connectivity index (χ2v) is 17.6. The maximum Gasteiger partial charge on any atom is 0.192 e. The van der Waals surface area contributed by atoms with Crippen LogP contribution in [0.1, 0.15) is 58.7 Å². The zero-order chi connectivity index (χ0) is 24.2. The molecule has 2 atom stereocenters. The van der Waals surface area contributed by atoms with Crippen LogP contribution < -0.4 is 9.46 Å². The van der Waals surface area contributed by atoms with Gasteiger partial charge < -0.3 is 13.7 Å². The standard InChI is InChI=1S/C24H41N3O3SSi/c1-23(2,3)31(28)26-22(16-19-10-12-21(29-7)13-11-19)20-17-25-27(18-20)14-15-30-32(8,9)24(4,5)6/h10-13,17-18,22,26H,14-16H2,1-9H3. The Hall–Kier alpha value is -1.32. The van der Waals surface area contributed by atoms with Crippen LogP contribution in [0.25, 0.3) is 0 Å². The third kappa shape index (κ3) is 7.62. The van der Waals surface area contributed by atoms with Gasteiger partial charge in [-0.2, -0.15) is 5.10 Å². The molecule has 1 aromatic carbocycles. The molecule has 0 aliphatic heterocycles. The van der Waals surface area contributed by atoms with E-state index in [0.29, 0.717) is 19.6 Å². The van der Waals surface area contributed by atoms with Crippen molar-refractivity contribution in [3.63, 3.8) is 0 Å². The van der Waals surface area contributed by atoms with Crippen LogP contribution in [0.3, 0.4) is 0 Å². The number of hydrogen-bond donors (Lipinski definition) is 1. The minimum Gasteiger partial charge on any atom is -0.598 e. The van der Waals surface area contributed by atoms with Crippen molar-refractivity contribution in [3.8, 4) is 5.75 Å². The molecule has 32 heavy (non-hydrogen) atoms. The molecule has 2 unspecified atom stereocenters. The molecular formula is C24H41N3O3SSi. The minimum atomic E-state index is -1.78. The highest BCUT2D eigenvalue weighted by atomic mass is 32.2. The molecule has 0 amide bonds. The molecule has 2 aromatic rings. The quantitative estimate of drug-likeness (QED) is 0.372. The van der Waals surface area contributed by atoms with Crippen molar-refractivity contribution in [2.24, 2.45) is 0 Å². The molecule has 0 saturated carbocycles. The number of aromatic nitrogens is 2. The van der Waals surface area contributed by atoms with Gasteiger partial charge in [0.25, 0.3) is 0 Å². The summed E-state index contributed by atoms with van der Waals surface area (Å²) in [7, 11) is -0.118. The van der Waals surface area contributed by atoms with Crippen LogP contribution in [-0.4, -0.2) is 41.1 Å². The molecule has 1 heterocycles. The number of nitrogens with zero attached hydrogens (tertiary/aromatic N) is 2. The normalized spacial score (nSPS) is 14.9. The first-order chi connectivity index (χ1) is 14.7. The fourth-order valence-electron chi connectivity index (χ4n) is 2.82. The van der Waals surface area contributed by atoms with Gasteiger partial charge in [-0.1, -0.05) is 32.9 Å². The SMILES string of the molecule is COc1ccc(CC(N[S+]([O-])C(C)(C)C)c2cnn(CCO[Si](C)(C)C(C)(C)C)c2)cc1. The molecule has 0 spiro atoms. The highest BCUT2D eigenvalue weighted by Crippen LogP contribution is 2.36.